The van der Waals surface area contributed by atoms with Gasteiger partial charge in [-0.15, -0.1) is 27.7 Å². The summed E-state index contributed by atoms with van der Waals surface area (Å²) in [7, 11) is 0. The molecule has 14 heavy (non-hydrogen) atoms. The third-order valence-corrected chi connectivity index (χ3v) is 3.35. The van der Waals surface area contributed by atoms with Crippen molar-refractivity contribution < 1.29 is 14.6 Å². The number of thioether (sulfide) groups is 1. The Labute approximate surface area is 95.8 Å². The fourth-order valence-corrected chi connectivity index (χ4v) is 2.03. The van der Waals surface area contributed by atoms with Crippen LogP contribution in [0.2, 0.25) is 0 Å². The molecule has 0 aliphatic carbocycles. The van der Waals surface area contributed by atoms with Crippen LogP contribution in [0.3, 0.4) is 0 Å². The van der Waals surface area contributed by atoms with Crippen LogP contribution in [0, 0.1) is 0 Å². The molecule has 0 radical (unpaired) electrons. The highest BCUT2D eigenvalue weighted by atomic mass is 35.5. The van der Waals surface area contributed by atoms with Gasteiger partial charge in [-0.3, -0.25) is 0 Å². The SMILES string of the molecule is OOOSc1ccc(SCCCl)cc1. The van der Waals surface area contributed by atoms with Gasteiger partial charge in [-0.05, 0) is 24.3 Å². The molecule has 0 aliphatic heterocycles. The molecular formula is C8H9ClO3S2. The molecule has 0 saturated carbocycles. The van der Waals surface area contributed by atoms with E-state index in [0.29, 0.717) is 5.88 Å². The lowest BCUT2D eigenvalue weighted by molar-refractivity contribution is -0.432. The first-order valence-corrected chi connectivity index (χ1v) is 6.06. The summed E-state index contributed by atoms with van der Waals surface area (Å²) >= 11 is 8.20. The maximum absolute atomic E-state index is 7.94. The zero-order chi connectivity index (χ0) is 10.2. The van der Waals surface area contributed by atoms with Gasteiger partial charge in [0.15, 0.2) is 0 Å². The summed E-state index contributed by atoms with van der Waals surface area (Å²) in [5.74, 6) is 1.53. The van der Waals surface area contributed by atoms with Crippen LogP contribution in [-0.4, -0.2) is 16.9 Å². The van der Waals surface area contributed by atoms with Crippen LogP contribution < -0.4 is 0 Å². The summed E-state index contributed by atoms with van der Waals surface area (Å²) in [6.45, 7) is 0. The van der Waals surface area contributed by atoms with Gasteiger partial charge in [0.1, 0.15) is 0 Å². The molecule has 0 unspecified atom stereocenters. The topological polar surface area (TPSA) is 38.7 Å². The summed E-state index contributed by atoms with van der Waals surface area (Å²) in [5, 5.41) is 11.4. The Morgan fingerprint density at radius 1 is 1.21 bits per heavy atom. The normalized spacial score (nSPS) is 10.4. The Bertz CT molecular complexity index is 228. The molecule has 0 aliphatic rings. The molecule has 3 nitrogen and oxygen atoms in total. The second kappa shape index (κ2) is 7.39. The molecule has 1 aromatic rings. The summed E-state index contributed by atoms with van der Waals surface area (Å²) in [5.41, 5.74) is 0. The van der Waals surface area contributed by atoms with Gasteiger partial charge in [-0.1, -0.05) is 5.04 Å². The number of hydrogen-bond acceptors (Lipinski definition) is 5. The summed E-state index contributed by atoms with van der Waals surface area (Å²) in [4.78, 5) is 2.01. The Hall–Kier alpha value is 0.0900. The lowest BCUT2D eigenvalue weighted by Gasteiger charge is -2.00. The molecule has 0 heterocycles. The van der Waals surface area contributed by atoms with E-state index in [1.807, 2.05) is 24.3 Å². The zero-order valence-electron chi connectivity index (χ0n) is 7.18. The van der Waals surface area contributed by atoms with Crippen molar-refractivity contribution >= 4 is 35.4 Å². The highest BCUT2D eigenvalue weighted by Crippen LogP contribution is 2.24. The van der Waals surface area contributed by atoms with Gasteiger partial charge in [-0.25, -0.2) is 5.26 Å². The van der Waals surface area contributed by atoms with Crippen LogP contribution in [0.4, 0.5) is 0 Å². The van der Waals surface area contributed by atoms with E-state index < -0.39 is 0 Å². The minimum Gasteiger partial charge on any atom is -0.220 e. The number of benzene rings is 1. The molecule has 1 N–H and O–H groups in total. The van der Waals surface area contributed by atoms with Crippen molar-refractivity contribution in [3.8, 4) is 0 Å². The third-order valence-electron chi connectivity index (χ3n) is 1.33. The van der Waals surface area contributed by atoms with E-state index in [0.717, 1.165) is 27.6 Å². The Morgan fingerprint density at radius 3 is 2.43 bits per heavy atom. The number of halogens is 1. The van der Waals surface area contributed by atoms with E-state index in [9.17, 15) is 0 Å². The van der Waals surface area contributed by atoms with Crippen molar-refractivity contribution in [2.75, 3.05) is 11.6 Å². The average molecular weight is 253 g/mol. The second-order valence-corrected chi connectivity index (χ2v) is 4.56. The second-order valence-electron chi connectivity index (χ2n) is 2.23. The van der Waals surface area contributed by atoms with E-state index in [1.165, 1.54) is 0 Å². The van der Waals surface area contributed by atoms with Crippen molar-refractivity contribution in [3.05, 3.63) is 24.3 Å². The largest absolute Gasteiger partial charge is 0.220 e. The predicted molar refractivity (Wildman–Crippen MR) is 58.5 cm³/mol. The van der Waals surface area contributed by atoms with E-state index in [4.69, 9.17) is 16.9 Å². The van der Waals surface area contributed by atoms with E-state index >= 15 is 0 Å². The first kappa shape index (κ1) is 12.2. The smallest absolute Gasteiger partial charge is 0.0714 e. The summed E-state index contributed by atoms with van der Waals surface area (Å²) in [6.07, 6.45) is 0. The number of alkyl halides is 1. The fraction of sp³-hybridized carbons (Fsp3) is 0.250. The van der Waals surface area contributed by atoms with E-state index in [2.05, 4.69) is 9.37 Å². The van der Waals surface area contributed by atoms with E-state index in [-0.39, 0.29) is 0 Å². The number of hydrogen-bond donors (Lipinski definition) is 1. The van der Waals surface area contributed by atoms with Gasteiger partial charge < -0.3 is 0 Å². The van der Waals surface area contributed by atoms with Crippen LogP contribution in [0.1, 0.15) is 0 Å². The van der Waals surface area contributed by atoms with Crippen LogP contribution in [0.5, 0.6) is 0 Å². The van der Waals surface area contributed by atoms with Crippen molar-refractivity contribution in [1.82, 2.24) is 0 Å². The molecule has 0 amide bonds. The molecule has 0 fully saturated rings. The molecule has 0 atom stereocenters. The van der Waals surface area contributed by atoms with Crippen molar-refractivity contribution in [2.45, 2.75) is 9.79 Å². The zero-order valence-corrected chi connectivity index (χ0v) is 9.57. The van der Waals surface area contributed by atoms with Crippen molar-refractivity contribution in [2.24, 2.45) is 0 Å². The standard InChI is InChI=1S/C8H9ClO3S2/c9-5-6-13-7-1-3-8(4-2-7)14-12-11-10/h1-4,10H,5-6H2. The third kappa shape index (κ3) is 4.54. The Balaban J connectivity index is 2.42. The monoisotopic (exact) mass is 252 g/mol. The summed E-state index contributed by atoms with van der Waals surface area (Å²) in [6, 6.07) is 7.67. The van der Waals surface area contributed by atoms with Gasteiger partial charge >= 0.3 is 0 Å². The highest BCUT2D eigenvalue weighted by Gasteiger charge is 1.97. The van der Waals surface area contributed by atoms with Gasteiger partial charge in [-0.2, -0.15) is 0 Å². The molecule has 0 saturated heterocycles. The predicted octanol–water partition coefficient (Wildman–Crippen LogP) is 3.45. The number of rotatable bonds is 6. The fourth-order valence-electron chi connectivity index (χ4n) is 0.802. The quantitative estimate of drug-likeness (QED) is 0.276. The Kier molecular flexibility index (Phi) is 6.42. The van der Waals surface area contributed by atoms with Gasteiger partial charge in [0.2, 0.25) is 0 Å². The van der Waals surface area contributed by atoms with Crippen molar-refractivity contribution in [3.63, 3.8) is 0 Å². The lowest BCUT2D eigenvalue weighted by atomic mass is 10.4. The molecule has 1 rings (SSSR count). The maximum atomic E-state index is 7.94. The molecule has 1 aromatic carbocycles. The van der Waals surface area contributed by atoms with E-state index in [1.54, 1.807) is 11.8 Å². The van der Waals surface area contributed by atoms with Crippen molar-refractivity contribution in [1.29, 1.82) is 0 Å². The molecule has 0 aromatic heterocycles. The van der Waals surface area contributed by atoms with Gasteiger partial charge in [0, 0.05) is 21.4 Å². The molecule has 78 valence electrons. The molecule has 6 heteroatoms. The highest BCUT2D eigenvalue weighted by molar-refractivity contribution is 7.99. The molecule has 0 bridgehead atoms. The Morgan fingerprint density at radius 2 is 1.86 bits per heavy atom. The summed E-state index contributed by atoms with van der Waals surface area (Å²) < 4.78 is 4.28. The maximum Gasteiger partial charge on any atom is 0.0714 e. The van der Waals surface area contributed by atoms with Gasteiger partial charge in [0.25, 0.3) is 0 Å². The molecule has 0 spiro atoms. The minimum atomic E-state index is 0.641. The minimum absolute atomic E-state index is 0.641. The first-order chi connectivity index (χ1) is 6.86. The average Bonchev–Trinajstić information content (AvgIpc) is 2.25. The van der Waals surface area contributed by atoms with Crippen LogP contribution >= 0.6 is 35.4 Å². The van der Waals surface area contributed by atoms with Crippen LogP contribution in [0.25, 0.3) is 0 Å². The van der Waals surface area contributed by atoms with Crippen LogP contribution in [0.15, 0.2) is 34.1 Å². The van der Waals surface area contributed by atoms with Crippen LogP contribution in [-0.2, 0) is 9.37 Å². The van der Waals surface area contributed by atoms with Gasteiger partial charge in [0.05, 0.1) is 12.0 Å². The first-order valence-electron chi connectivity index (χ1n) is 3.80. The lowest BCUT2D eigenvalue weighted by Crippen LogP contribution is -1.81. The molecular weight excluding hydrogens is 244 g/mol.